The molecule has 1 saturated heterocycles. The smallest absolute Gasteiger partial charge is 0.338 e. The number of hydrogen-bond donors (Lipinski definition) is 3. The summed E-state index contributed by atoms with van der Waals surface area (Å²) in [6, 6.07) is 1.39. The summed E-state index contributed by atoms with van der Waals surface area (Å²) in [5, 5.41) is 15.0. The summed E-state index contributed by atoms with van der Waals surface area (Å²) in [7, 11) is 0. The van der Waals surface area contributed by atoms with Gasteiger partial charge >= 0.3 is 12.1 Å². The summed E-state index contributed by atoms with van der Waals surface area (Å²) in [6.07, 6.45) is -2.25. The van der Waals surface area contributed by atoms with Gasteiger partial charge in [0.15, 0.2) is 0 Å². The number of nitrogens with zero attached hydrogens (tertiary/aromatic N) is 3. The Morgan fingerprint density at radius 1 is 1.22 bits per heavy atom. The van der Waals surface area contributed by atoms with Crippen molar-refractivity contribution in [2.75, 3.05) is 6.54 Å². The largest absolute Gasteiger partial charge is 0.471 e. The molecule has 5 atom stereocenters. The number of fused-ring (bicyclic) bond motifs is 2. The van der Waals surface area contributed by atoms with Gasteiger partial charge < -0.3 is 20.5 Å². The van der Waals surface area contributed by atoms with Crippen LogP contribution in [-0.4, -0.2) is 63.4 Å². The molecule has 2 aliphatic rings. The first-order chi connectivity index (χ1) is 18.8. The quantitative estimate of drug-likeness (QED) is 0.483. The minimum Gasteiger partial charge on any atom is -0.338 e. The van der Waals surface area contributed by atoms with Crippen molar-refractivity contribution in [2.45, 2.75) is 72.3 Å². The molecule has 13 heteroatoms. The Bertz CT molecular complexity index is 1510. The van der Waals surface area contributed by atoms with Gasteiger partial charge in [0.1, 0.15) is 18.1 Å². The van der Waals surface area contributed by atoms with Gasteiger partial charge in [-0.15, -0.1) is 0 Å². The van der Waals surface area contributed by atoms with Crippen molar-refractivity contribution in [3.05, 3.63) is 40.4 Å². The normalized spacial score (nSPS) is 24.6. The van der Waals surface area contributed by atoms with E-state index in [0.29, 0.717) is 10.9 Å². The van der Waals surface area contributed by atoms with Gasteiger partial charge in [-0.05, 0) is 28.9 Å². The molecule has 2 fully saturated rings. The molecule has 2 aromatic heterocycles. The molecule has 1 saturated carbocycles. The number of hydrogen-bond acceptors (Lipinski definition) is 6. The number of piperidine rings is 1. The molecule has 0 aromatic carbocycles. The SMILES string of the molecule is CC(C)(C)[C@H](NC(=O)C(F)(F)F)C(=O)N1C[C@@H]2C(C)(C)C2(C)[C@H]1C(=O)N[C@@H](C#N)Cc1cc2cnccc2[nH]c1=O. The van der Waals surface area contributed by atoms with Crippen molar-refractivity contribution >= 4 is 28.6 Å². The van der Waals surface area contributed by atoms with E-state index in [1.165, 1.54) is 31.9 Å². The second-order valence-electron chi connectivity index (χ2n) is 12.7. The van der Waals surface area contributed by atoms with E-state index in [9.17, 15) is 37.6 Å². The zero-order valence-electron chi connectivity index (χ0n) is 23.6. The van der Waals surface area contributed by atoms with Crippen LogP contribution in [0, 0.1) is 33.5 Å². The number of rotatable bonds is 6. The number of nitrogens with one attached hydrogen (secondary N) is 3. The van der Waals surface area contributed by atoms with Crippen molar-refractivity contribution in [1.82, 2.24) is 25.5 Å². The summed E-state index contributed by atoms with van der Waals surface area (Å²) in [5.74, 6) is -3.85. The Balaban J connectivity index is 1.61. The van der Waals surface area contributed by atoms with Crippen molar-refractivity contribution < 1.29 is 27.6 Å². The van der Waals surface area contributed by atoms with Crippen molar-refractivity contribution in [3.8, 4) is 6.07 Å². The summed E-state index contributed by atoms with van der Waals surface area (Å²) in [4.78, 5) is 59.9. The lowest BCUT2D eigenvalue weighted by Crippen LogP contribution is -2.62. The number of aromatic amines is 1. The molecule has 10 nitrogen and oxygen atoms in total. The Kier molecular flexibility index (Phi) is 7.21. The number of aromatic nitrogens is 2. The highest BCUT2D eigenvalue weighted by Gasteiger charge is 2.78. The second-order valence-corrected chi connectivity index (χ2v) is 12.7. The lowest BCUT2D eigenvalue weighted by atomic mass is 9.83. The third-order valence-corrected chi connectivity index (χ3v) is 8.95. The molecule has 2 aromatic rings. The standard InChI is InChI=1S/C28H33F3N6O4/c1-25(2,3)19(36-24(41)28(29,30)31)23(40)37-13-18-26(4,5)27(18,6)20(37)22(39)34-16(11-32)10-14-9-15-12-33-8-7-17(15)35-21(14)38/h7-9,12,16,18-20H,10,13H2,1-6H3,(H,34,39)(H,35,38)(H,36,41)/t16-,18-,19-,20-,27?/m1/s1. The maximum absolute atomic E-state index is 13.8. The number of halogens is 3. The van der Waals surface area contributed by atoms with Crippen LogP contribution < -0.4 is 16.2 Å². The molecular weight excluding hydrogens is 541 g/mol. The predicted molar refractivity (Wildman–Crippen MR) is 142 cm³/mol. The number of likely N-dealkylation sites (tertiary alicyclic amines) is 1. The third kappa shape index (κ3) is 5.15. The van der Waals surface area contributed by atoms with Gasteiger partial charge in [-0.2, -0.15) is 18.4 Å². The van der Waals surface area contributed by atoms with E-state index in [-0.39, 0.29) is 29.9 Å². The highest BCUT2D eigenvalue weighted by molar-refractivity contribution is 5.95. The highest BCUT2D eigenvalue weighted by Crippen LogP contribution is 2.74. The zero-order chi connectivity index (χ0) is 30.7. The molecule has 1 unspecified atom stereocenters. The van der Waals surface area contributed by atoms with Crippen LogP contribution in [0.4, 0.5) is 13.2 Å². The van der Waals surface area contributed by atoms with E-state index < -0.39 is 58.4 Å². The van der Waals surface area contributed by atoms with Crippen molar-refractivity contribution in [3.63, 3.8) is 0 Å². The van der Waals surface area contributed by atoms with Crippen LogP contribution in [0.5, 0.6) is 0 Å². The lowest BCUT2D eigenvalue weighted by molar-refractivity contribution is -0.176. The average Bonchev–Trinajstić information content (AvgIpc) is 3.12. The summed E-state index contributed by atoms with van der Waals surface area (Å²) < 4.78 is 39.3. The Labute approximate surface area is 234 Å². The minimum absolute atomic E-state index is 0.101. The molecule has 220 valence electrons. The molecular formula is C28H33F3N6O4. The van der Waals surface area contributed by atoms with E-state index in [2.05, 4.69) is 15.3 Å². The molecule has 1 aliphatic carbocycles. The average molecular weight is 575 g/mol. The van der Waals surface area contributed by atoms with Gasteiger partial charge in [0.05, 0.1) is 11.6 Å². The summed E-state index contributed by atoms with van der Waals surface area (Å²) in [6.45, 7) is 10.4. The fourth-order valence-corrected chi connectivity index (χ4v) is 6.23. The van der Waals surface area contributed by atoms with Crippen LogP contribution in [0.15, 0.2) is 29.3 Å². The number of nitriles is 1. The number of carbonyl (C=O) groups excluding carboxylic acids is 3. The molecule has 41 heavy (non-hydrogen) atoms. The van der Waals surface area contributed by atoms with Crippen molar-refractivity contribution in [1.29, 1.82) is 5.26 Å². The Hall–Kier alpha value is -3.95. The van der Waals surface area contributed by atoms with Crippen LogP contribution in [0.2, 0.25) is 0 Å². The van der Waals surface area contributed by atoms with Gasteiger partial charge in [-0.1, -0.05) is 41.5 Å². The molecule has 0 radical (unpaired) electrons. The van der Waals surface area contributed by atoms with E-state index in [4.69, 9.17) is 0 Å². The van der Waals surface area contributed by atoms with Crippen molar-refractivity contribution in [2.24, 2.45) is 22.2 Å². The fraction of sp³-hybridized carbons (Fsp3) is 0.571. The first-order valence-corrected chi connectivity index (χ1v) is 13.2. The third-order valence-electron chi connectivity index (χ3n) is 8.95. The summed E-state index contributed by atoms with van der Waals surface area (Å²) >= 11 is 0. The molecule has 3 heterocycles. The molecule has 0 bridgehead atoms. The number of alkyl halides is 3. The van der Waals surface area contributed by atoms with Crippen LogP contribution in [0.3, 0.4) is 0 Å². The second kappa shape index (κ2) is 9.85. The monoisotopic (exact) mass is 574 g/mol. The predicted octanol–water partition coefficient (Wildman–Crippen LogP) is 2.44. The topological polar surface area (TPSA) is 148 Å². The number of carbonyl (C=O) groups is 3. The van der Waals surface area contributed by atoms with Gasteiger partial charge in [-0.3, -0.25) is 24.2 Å². The van der Waals surface area contributed by atoms with E-state index in [0.717, 1.165) is 0 Å². The van der Waals surface area contributed by atoms with Gasteiger partial charge in [0, 0.05) is 41.7 Å². The molecule has 4 rings (SSSR count). The maximum atomic E-state index is 13.8. The molecule has 1 aliphatic heterocycles. The first kappa shape index (κ1) is 30.0. The van der Waals surface area contributed by atoms with Crippen LogP contribution in [0.1, 0.15) is 47.1 Å². The van der Waals surface area contributed by atoms with Gasteiger partial charge in [0.2, 0.25) is 11.8 Å². The minimum atomic E-state index is -5.20. The van der Waals surface area contributed by atoms with E-state index >= 15 is 0 Å². The fourth-order valence-electron chi connectivity index (χ4n) is 6.23. The zero-order valence-corrected chi connectivity index (χ0v) is 23.6. The van der Waals surface area contributed by atoms with E-state index in [1.807, 2.05) is 32.2 Å². The van der Waals surface area contributed by atoms with Gasteiger partial charge in [0.25, 0.3) is 5.56 Å². The van der Waals surface area contributed by atoms with E-state index in [1.54, 1.807) is 18.3 Å². The molecule has 0 spiro atoms. The molecule has 3 N–H and O–H groups in total. The maximum Gasteiger partial charge on any atom is 0.471 e. The van der Waals surface area contributed by atoms with Crippen LogP contribution in [-0.2, 0) is 20.8 Å². The lowest BCUT2D eigenvalue weighted by Gasteiger charge is -2.39. The number of amides is 3. The van der Waals surface area contributed by atoms with Gasteiger partial charge in [-0.25, -0.2) is 0 Å². The Morgan fingerprint density at radius 2 is 1.88 bits per heavy atom. The summed E-state index contributed by atoms with van der Waals surface area (Å²) in [5.41, 5.74) is -1.83. The number of H-pyrrole nitrogens is 1. The van der Waals surface area contributed by atoms with Crippen LogP contribution in [0.25, 0.3) is 10.9 Å². The molecule has 3 amide bonds. The van der Waals surface area contributed by atoms with Crippen LogP contribution >= 0.6 is 0 Å². The highest BCUT2D eigenvalue weighted by atomic mass is 19.4. The Morgan fingerprint density at radius 3 is 2.46 bits per heavy atom. The first-order valence-electron chi connectivity index (χ1n) is 13.2. The number of pyridine rings is 2.